The third-order valence-corrected chi connectivity index (χ3v) is 5.03. The number of aromatic nitrogens is 2. The van der Waals surface area contributed by atoms with Gasteiger partial charge in [0.1, 0.15) is 6.04 Å². The summed E-state index contributed by atoms with van der Waals surface area (Å²) in [6.07, 6.45) is 1.69. The Bertz CT molecular complexity index is 697. The van der Waals surface area contributed by atoms with Crippen LogP contribution in [0.15, 0.2) is 22.4 Å². The van der Waals surface area contributed by atoms with Crippen LogP contribution in [-0.4, -0.2) is 49.5 Å². The van der Waals surface area contributed by atoms with E-state index in [1.54, 1.807) is 18.0 Å². The Morgan fingerprint density at radius 3 is 3.20 bits per heavy atom. The van der Waals surface area contributed by atoms with Crippen LogP contribution in [0.4, 0.5) is 0 Å². The van der Waals surface area contributed by atoms with Gasteiger partial charge in [-0.05, 0) is 0 Å². The van der Waals surface area contributed by atoms with E-state index < -0.39 is 12.0 Å². The van der Waals surface area contributed by atoms with E-state index in [9.17, 15) is 14.7 Å². The number of carboxylic acid groups (broad SMARTS) is 1. The summed E-state index contributed by atoms with van der Waals surface area (Å²) in [5.41, 5.74) is 0.514. The topological polar surface area (TPSA) is 74.9 Å². The summed E-state index contributed by atoms with van der Waals surface area (Å²) < 4.78 is 1.49. The molecule has 0 saturated carbocycles. The Hall–Kier alpha value is -1.38. The molecule has 8 heteroatoms. The highest BCUT2D eigenvalue weighted by molar-refractivity contribution is 7.99. The average Bonchev–Trinajstić information content (AvgIpc) is 2.88. The number of nitrogens with zero attached hydrogens (tertiary/aromatic N) is 3. The van der Waals surface area contributed by atoms with E-state index >= 15 is 0 Å². The first-order valence-electron chi connectivity index (χ1n) is 6.15. The second-order valence-electron chi connectivity index (χ2n) is 4.54. The predicted octanol–water partition coefficient (Wildman–Crippen LogP) is 0.758. The molecule has 0 aromatic carbocycles. The largest absolute Gasteiger partial charge is 0.480 e. The number of carboxylic acids is 1. The van der Waals surface area contributed by atoms with Gasteiger partial charge >= 0.3 is 5.97 Å². The first-order chi connectivity index (χ1) is 9.65. The van der Waals surface area contributed by atoms with E-state index in [0.29, 0.717) is 29.5 Å². The summed E-state index contributed by atoms with van der Waals surface area (Å²) in [6, 6.07) is 0.984. The number of aliphatic carboxylic acids is 1. The standard InChI is InChI=1S/C12H13N3O3S2/c16-10-5-8(13-12-15(10)2-4-20-12)6-14-1-3-19-7-9(14)11(17)18/h2,4-5,9H,1,3,6-7H2,(H,17,18). The molecule has 0 radical (unpaired) electrons. The molecule has 6 nitrogen and oxygen atoms in total. The molecular weight excluding hydrogens is 298 g/mol. The van der Waals surface area contributed by atoms with Crippen molar-refractivity contribution in [1.82, 2.24) is 14.3 Å². The van der Waals surface area contributed by atoms with Gasteiger partial charge < -0.3 is 5.11 Å². The van der Waals surface area contributed by atoms with Gasteiger partial charge in [-0.15, -0.1) is 11.3 Å². The molecule has 2 aromatic heterocycles. The summed E-state index contributed by atoms with van der Waals surface area (Å²) in [6.45, 7) is 1.11. The van der Waals surface area contributed by atoms with Crippen molar-refractivity contribution in [1.29, 1.82) is 0 Å². The normalized spacial score (nSPS) is 20.3. The van der Waals surface area contributed by atoms with E-state index in [4.69, 9.17) is 0 Å². The molecule has 3 heterocycles. The minimum Gasteiger partial charge on any atom is -0.480 e. The highest BCUT2D eigenvalue weighted by Gasteiger charge is 2.29. The highest BCUT2D eigenvalue weighted by atomic mass is 32.2. The maximum atomic E-state index is 11.9. The lowest BCUT2D eigenvalue weighted by Crippen LogP contribution is -2.46. The van der Waals surface area contributed by atoms with E-state index in [1.165, 1.54) is 21.8 Å². The molecule has 1 atom stereocenters. The quantitative estimate of drug-likeness (QED) is 0.902. The number of thiazole rings is 1. The molecule has 1 aliphatic heterocycles. The molecule has 1 aliphatic rings. The summed E-state index contributed by atoms with van der Waals surface area (Å²) in [7, 11) is 0. The van der Waals surface area contributed by atoms with Crippen molar-refractivity contribution in [3.8, 4) is 0 Å². The Morgan fingerprint density at radius 1 is 1.55 bits per heavy atom. The van der Waals surface area contributed by atoms with Gasteiger partial charge in [0, 0.05) is 42.2 Å². The van der Waals surface area contributed by atoms with Gasteiger partial charge in [-0.25, -0.2) is 4.98 Å². The van der Waals surface area contributed by atoms with Crippen molar-refractivity contribution in [2.75, 3.05) is 18.1 Å². The van der Waals surface area contributed by atoms with Crippen LogP contribution in [0.3, 0.4) is 0 Å². The molecule has 0 bridgehead atoms. The van der Waals surface area contributed by atoms with Gasteiger partial charge in [0.25, 0.3) is 5.56 Å². The van der Waals surface area contributed by atoms with Crippen molar-refractivity contribution >= 4 is 34.0 Å². The van der Waals surface area contributed by atoms with Gasteiger partial charge in [0.05, 0.1) is 5.69 Å². The molecule has 2 aromatic rings. The number of fused-ring (bicyclic) bond motifs is 1. The molecule has 3 rings (SSSR count). The molecule has 0 amide bonds. The SMILES string of the molecule is O=C(O)C1CSCCN1Cc1cc(=O)n2ccsc2n1. The van der Waals surface area contributed by atoms with Crippen LogP contribution in [0, 0.1) is 0 Å². The van der Waals surface area contributed by atoms with Crippen molar-refractivity contribution in [3.05, 3.63) is 33.7 Å². The number of rotatable bonds is 3. The average molecular weight is 311 g/mol. The van der Waals surface area contributed by atoms with Crippen molar-refractivity contribution in [2.24, 2.45) is 0 Å². The Kier molecular flexibility index (Phi) is 3.77. The minimum atomic E-state index is -0.814. The first-order valence-corrected chi connectivity index (χ1v) is 8.19. The van der Waals surface area contributed by atoms with Crippen molar-refractivity contribution in [2.45, 2.75) is 12.6 Å². The maximum Gasteiger partial charge on any atom is 0.321 e. The Morgan fingerprint density at radius 2 is 2.40 bits per heavy atom. The van der Waals surface area contributed by atoms with Gasteiger partial charge in [-0.3, -0.25) is 18.9 Å². The van der Waals surface area contributed by atoms with Crippen LogP contribution in [0.2, 0.25) is 0 Å². The minimum absolute atomic E-state index is 0.121. The third-order valence-electron chi connectivity index (χ3n) is 3.25. The molecule has 1 fully saturated rings. The lowest BCUT2D eigenvalue weighted by atomic mass is 10.2. The van der Waals surface area contributed by atoms with Gasteiger partial charge in [0.15, 0.2) is 4.96 Å². The first kappa shape index (κ1) is 13.6. The molecule has 0 spiro atoms. The summed E-state index contributed by atoms with van der Waals surface area (Å²) in [5.74, 6) is 0.672. The van der Waals surface area contributed by atoms with Crippen LogP contribution in [0.25, 0.3) is 4.96 Å². The fourth-order valence-corrected chi connectivity index (χ4v) is 4.08. The molecular formula is C12H13N3O3S2. The fraction of sp³-hybridized carbons (Fsp3) is 0.417. The van der Waals surface area contributed by atoms with Gasteiger partial charge in [-0.1, -0.05) is 0 Å². The van der Waals surface area contributed by atoms with Crippen LogP contribution < -0.4 is 5.56 Å². The van der Waals surface area contributed by atoms with Crippen LogP contribution >= 0.6 is 23.1 Å². The monoisotopic (exact) mass is 311 g/mol. The number of hydrogen-bond acceptors (Lipinski definition) is 6. The van der Waals surface area contributed by atoms with Crippen molar-refractivity contribution < 1.29 is 9.90 Å². The maximum absolute atomic E-state index is 11.9. The number of thioether (sulfide) groups is 1. The van der Waals surface area contributed by atoms with Crippen LogP contribution in [0.1, 0.15) is 5.69 Å². The molecule has 1 unspecified atom stereocenters. The zero-order valence-electron chi connectivity index (χ0n) is 10.6. The van der Waals surface area contributed by atoms with E-state index in [0.717, 1.165) is 5.75 Å². The summed E-state index contributed by atoms with van der Waals surface area (Å²) >= 11 is 3.04. The van der Waals surface area contributed by atoms with E-state index in [2.05, 4.69) is 4.98 Å². The van der Waals surface area contributed by atoms with Crippen molar-refractivity contribution in [3.63, 3.8) is 0 Å². The molecule has 1 saturated heterocycles. The third kappa shape index (κ3) is 2.58. The van der Waals surface area contributed by atoms with Crippen LogP contribution in [0.5, 0.6) is 0 Å². The predicted molar refractivity (Wildman–Crippen MR) is 78.5 cm³/mol. The lowest BCUT2D eigenvalue weighted by molar-refractivity contribution is -0.142. The van der Waals surface area contributed by atoms with E-state index in [1.807, 2.05) is 10.3 Å². The Labute approximate surface area is 123 Å². The number of hydrogen-bond donors (Lipinski definition) is 1. The summed E-state index contributed by atoms with van der Waals surface area (Å²) in [4.78, 5) is 30.1. The van der Waals surface area contributed by atoms with Gasteiger partial charge in [-0.2, -0.15) is 11.8 Å². The zero-order chi connectivity index (χ0) is 14.1. The second kappa shape index (κ2) is 5.55. The second-order valence-corrected chi connectivity index (χ2v) is 6.56. The van der Waals surface area contributed by atoms with E-state index in [-0.39, 0.29) is 5.56 Å². The molecule has 20 heavy (non-hydrogen) atoms. The summed E-state index contributed by atoms with van der Waals surface area (Å²) in [5, 5.41) is 11.1. The highest BCUT2D eigenvalue weighted by Crippen LogP contribution is 2.19. The zero-order valence-corrected chi connectivity index (χ0v) is 12.2. The molecule has 0 aliphatic carbocycles. The smallest absolute Gasteiger partial charge is 0.321 e. The Balaban J connectivity index is 1.87. The molecule has 1 N–H and O–H groups in total. The lowest BCUT2D eigenvalue weighted by Gasteiger charge is -2.32. The molecule has 106 valence electrons. The fourth-order valence-electron chi connectivity index (χ4n) is 2.23. The van der Waals surface area contributed by atoms with Gasteiger partial charge in [0.2, 0.25) is 0 Å². The number of carbonyl (C=O) groups is 1. The van der Waals surface area contributed by atoms with Crippen LogP contribution in [-0.2, 0) is 11.3 Å².